The van der Waals surface area contributed by atoms with Crippen LogP contribution in [0.5, 0.6) is 0 Å². The SMILES string of the molecule is COC[C@H]1[C@H]2CN(C)C[C@@H]12. The zero-order valence-electron chi connectivity index (χ0n) is 6.71. The molecule has 0 bridgehead atoms. The minimum absolute atomic E-state index is 0.904. The molecule has 0 amide bonds. The van der Waals surface area contributed by atoms with Gasteiger partial charge in [-0.05, 0) is 24.8 Å². The summed E-state index contributed by atoms with van der Waals surface area (Å²) in [5.41, 5.74) is 0. The zero-order chi connectivity index (χ0) is 7.14. The van der Waals surface area contributed by atoms with E-state index in [2.05, 4.69) is 11.9 Å². The van der Waals surface area contributed by atoms with Crippen molar-refractivity contribution in [3.05, 3.63) is 0 Å². The van der Waals surface area contributed by atoms with Crippen molar-refractivity contribution in [2.45, 2.75) is 0 Å². The first kappa shape index (κ1) is 6.62. The van der Waals surface area contributed by atoms with E-state index in [-0.39, 0.29) is 0 Å². The molecule has 1 aliphatic heterocycles. The van der Waals surface area contributed by atoms with Gasteiger partial charge < -0.3 is 9.64 Å². The quantitative estimate of drug-likeness (QED) is 0.553. The minimum atomic E-state index is 0.904. The van der Waals surface area contributed by atoms with Crippen molar-refractivity contribution >= 4 is 0 Å². The first-order valence-corrected chi connectivity index (χ1v) is 4.00. The topological polar surface area (TPSA) is 12.5 Å². The molecular formula is C8H15NO. The lowest BCUT2D eigenvalue weighted by Gasteiger charge is -2.11. The number of fused-ring (bicyclic) bond motifs is 1. The van der Waals surface area contributed by atoms with Crippen molar-refractivity contribution in [3.8, 4) is 0 Å². The predicted octanol–water partition coefficient (Wildman–Crippen LogP) is 0.440. The van der Waals surface area contributed by atoms with E-state index >= 15 is 0 Å². The highest BCUT2D eigenvalue weighted by Crippen LogP contribution is 2.51. The van der Waals surface area contributed by atoms with E-state index in [4.69, 9.17) is 4.74 Å². The number of piperidine rings is 1. The van der Waals surface area contributed by atoms with Crippen LogP contribution in [0.15, 0.2) is 0 Å². The maximum absolute atomic E-state index is 5.12. The van der Waals surface area contributed by atoms with Crippen LogP contribution < -0.4 is 0 Å². The fourth-order valence-electron chi connectivity index (χ4n) is 2.30. The van der Waals surface area contributed by atoms with Gasteiger partial charge in [0, 0.05) is 26.8 Å². The third-order valence-electron chi connectivity index (χ3n) is 2.91. The number of methoxy groups -OCH3 is 1. The molecule has 0 unspecified atom stereocenters. The molecule has 0 radical (unpaired) electrons. The summed E-state index contributed by atoms with van der Waals surface area (Å²) >= 11 is 0. The van der Waals surface area contributed by atoms with E-state index < -0.39 is 0 Å². The molecule has 1 saturated carbocycles. The summed E-state index contributed by atoms with van der Waals surface area (Å²) in [5, 5.41) is 0. The Kier molecular flexibility index (Phi) is 1.46. The molecule has 0 spiro atoms. The van der Waals surface area contributed by atoms with E-state index in [9.17, 15) is 0 Å². The van der Waals surface area contributed by atoms with Crippen LogP contribution in [0.4, 0.5) is 0 Å². The molecule has 1 heterocycles. The maximum atomic E-state index is 5.12. The highest BCUT2D eigenvalue weighted by atomic mass is 16.5. The Morgan fingerprint density at radius 1 is 1.40 bits per heavy atom. The highest BCUT2D eigenvalue weighted by Gasteiger charge is 2.54. The molecule has 58 valence electrons. The lowest BCUT2D eigenvalue weighted by molar-refractivity contribution is 0.165. The number of ether oxygens (including phenoxy) is 1. The lowest BCUT2D eigenvalue weighted by Crippen LogP contribution is -2.20. The molecule has 3 atom stereocenters. The standard InChI is InChI=1S/C8H15NO/c1-9-3-6-7(4-9)8(6)5-10-2/h6-8H,3-5H2,1-2H3/t6-,7+,8-. The van der Waals surface area contributed by atoms with Crippen molar-refractivity contribution in [2.75, 3.05) is 33.9 Å². The maximum Gasteiger partial charge on any atom is 0.0496 e. The average molecular weight is 141 g/mol. The van der Waals surface area contributed by atoms with Gasteiger partial charge in [-0.2, -0.15) is 0 Å². The highest BCUT2D eigenvalue weighted by molar-refractivity contribution is 5.04. The summed E-state index contributed by atoms with van der Waals surface area (Å²) in [6.45, 7) is 3.60. The molecule has 1 aliphatic carbocycles. The fraction of sp³-hybridized carbons (Fsp3) is 1.00. The molecule has 2 heteroatoms. The summed E-state index contributed by atoms with van der Waals surface area (Å²) in [6.07, 6.45) is 0. The lowest BCUT2D eigenvalue weighted by atomic mass is 10.3. The Balaban J connectivity index is 1.81. The second-order valence-corrected chi connectivity index (χ2v) is 3.67. The number of rotatable bonds is 2. The van der Waals surface area contributed by atoms with Crippen LogP contribution in [0.25, 0.3) is 0 Å². The summed E-state index contributed by atoms with van der Waals surface area (Å²) in [6, 6.07) is 0. The second-order valence-electron chi connectivity index (χ2n) is 3.67. The first-order valence-electron chi connectivity index (χ1n) is 4.00. The van der Waals surface area contributed by atoms with E-state index in [1.54, 1.807) is 7.11 Å². The van der Waals surface area contributed by atoms with Gasteiger partial charge in [0.25, 0.3) is 0 Å². The van der Waals surface area contributed by atoms with Crippen molar-refractivity contribution in [3.63, 3.8) is 0 Å². The van der Waals surface area contributed by atoms with Crippen LogP contribution in [-0.4, -0.2) is 38.8 Å². The van der Waals surface area contributed by atoms with Crippen LogP contribution in [-0.2, 0) is 4.74 Å². The van der Waals surface area contributed by atoms with E-state index in [0.717, 1.165) is 24.4 Å². The summed E-state index contributed by atoms with van der Waals surface area (Å²) < 4.78 is 5.12. The smallest absolute Gasteiger partial charge is 0.0496 e. The normalized spacial score (nSPS) is 45.6. The van der Waals surface area contributed by atoms with Crippen molar-refractivity contribution < 1.29 is 4.74 Å². The molecule has 0 aromatic heterocycles. The molecular weight excluding hydrogens is 126 g/mol. The second kappa shape index (κ2) is 2.21. The van der Waals surface area contributed by atoms with Crippen molar-refractivity contribution in [1.82, 2.24) is 4.90 Å². The van der Waals surface area contributed by atoms with Gasteiger partial charge in [-0.3, -0.25) is 0 Å². The number of hydrogen-bond acceptors (Lipinski definition) is 2. The van der Waals surface area contributed by atoms with Gasteiger partial charge >= 0.3 is 0 Å². The Labute approximate surface area is 62.2 Å². The van der Waals surface area contributed by atoms with Crippen molar-refractivity contribution in [2.24, 2.45) is 17.8 Å². The third kappa shape index (κ3) is 0.867. The van der Waals surface area contributed by atoms with Crippen LogP contribution >= 0.6 is 0 Å². The van der Waals surface area contributed by atoms with E-state index in [1.807, 2.05) is 0 Å². The molecule has 0 N–H and O–H groups in total. The molecule has 1 saturated heterocycles. The monoisotopic (exact) mass is 141 g/mol. The summed E-state index contributed by atoms with van der Waals surface area (Å²) in [7, 11) is 4.01. The summed E-state index contributed by atoms with van der Waals surface area (Å²) in [4.78, 5) is 2.42. The Morgan fingerprint density at radius 3 is 2.50 bits per heavy atom. The predicted molar refractivity (Wildman–Crippen MR) is 39.8 cm³/mol. The van der Waals surface area contributed by atoms with Gasteiger partial charge in [0.05, 0.1) is 0 Å². The van der Waals surface area contributed by atoms with Crippen molar-refractivity contribution in [1.29, 1.82) is 0 Å². The largest absolute Gasteiger partial charge is 0.384 e. The Hall–Kier alpha value is -0.0800. The van der Waals surface area contributed by atoms with Gasteiger partial charge in [-0.1, -0.05) is 0 Å². The number of likely N-dealkylation sites (tertiary alicyclic amines) is 1. The number of nitrogens with zero attached hydrogens (tertiary/aromatic N) is 1. The van der Waals surface area contributed by atoms with E-state index in [0.29, 0.717) is 0 Å². The molecule has 2 rings (SSSR count). The minimum Gasteiger partial charge on any atom is -0.384 e. The average Bonchev–Trinajstić information content (AvgIpc) is 2.43. The third-order valence-corrected chi connectivity index (χ3v) is 2.91. The molecule has 2 nitrogen and oxygen atoms in total. The summed E-state index contributed by atoms with van der Waals surface area (Å²) in [5.74, 6) is 2.86. The van der Waals surface area contributed by atoms with Crippen LogP contribution in [0.1, 0.15) is 0 Å². The molecule has 0 aromatic carbocycles. The van der Waals surface area contributed by atoms with Gasteiger partial charge in [-0.15, -0.1) is 0 Å². The van der Waals surface area contributed by atoms with Crippen LogP contribution in [0.3, 0.4) is 0 Å². The van der Waals surface area contributed by atoms with E-state index in [1.165, 1.54) is 13.1 Å². The van der Waals surface area contributed by atoms with Gasteiger partial charge in [0.2, 0.25) is 0 Å². The molecule has 2 fully saturated rings. The Bertz CT molecular complexity index is 118. The van der Waals surface area contributed by atoms with Crippen LogP contribution in [0.2, 0.25) is 0 Å². The zero-order valence-corrected chi connectivity index (χ0v) is 6.71. The van der Waals surface area contributed by atoms with Gasteiger partial charge in [0.15, 0.2) is 0 Å². The number of hydrogen-bond donors (Lipinski definition) is 0. The molecule has 2 aliphatic rings. The van der Waals surface area contributed by atoms with Gasteiger partial charge in [-0.25, -0.2) is 0 Å². The van der Waals surface area contributed by atoms with Gasteiger partial charge in [0.1, 0.15) is 0 Å². The first-order chi connectivity index (χ1) is 4.83. The molecule has 0 aromatic rings. The Morgan fingerprint density at radius 2 is 2.00 bits per heavy atom. The van der Waals surface area contributed by atoms with Crippen LogP contribution in [0, 0.1) is 17.8 Å². The molecule has 10 heavy (non-hydrogen) atoms. The fourth-order valence-corrected chi connectivity index (χ4v) is 2.30.